The SMILES string of the molecule is CCCCCCCCCCC/C=C\C/C=C\CCCCCCCCCCCCCCCCCC(=O)NC(COP(=O)([O-])OCC[N+](C)(C)C)C(O)/C=C/CCCCCCCCCCC. The standard InChI is InChI=1S/C55H107N2O6P/c1-6-8-10-12-14-16-18-19-20-21-22-23-24-25-26-27-28-29-30-31-32-33-34-35-36-37-39-41-43-45-47-49-55(59)56-53(52-63-64(60,61)62-51-50-57(3,4)5)54(58)48-46-44-42-40-38-17-15-13-11-9-7-2/h22-23,25-26,46,48,53-54,58H,6-21,24,27-45,47,49-52H2,1-5H3,(H-,56,59,60,61)/b23-22-,26-25-,48-46+. The lowest BCUT2D eigenvalue weighted by atomic mass is 10.0. The number of amides is 1. The number of nitrogens with one attached hydrogen (secondary N) is 1. The molecule has 8 nitrogen and oxygen atoms in total. The van der Waals surface area contributed by atoms with Gasteiger partial charge in [-0.2, -0.15) is 0 Å². The van der Waals surface area contributed by atoms with E-state index in [4.69, 9.17) is 9.05 Å². The van der Waals surface area contributed by atoms with Gasteiger partial charge in [0.15, 0.2) is 0 Å². The Labute approximate surface area is 397 Å². The molecular formula is C55H107N2O6P. The predicted molar refractivity (Wildman–Crippen MR) is 275 cm³/mol. The van der Waals surface area contributed by atoms with Crippen LogP contribution in [0.5, 0.6) is 0 Å². The summed E-state index contributed by atoms with van der Waals surface area (Å²) >= 11 is 0. The molecule has 0 aromatic carbocycles. The van der Waals surface area contributed by atoms with E-state index in [0.29, 0.717) is 17.4 Å². The van der Waals surface area contributed by atoms with Crippen LogP contribution >= 0.6 is 7.82 Å². The molecule has 2 N–H and O–H groups in total. The van der Waals surface area contributed by atoms with E-state index in [1.54, 1.807) is 6.08 Å². The monoisotopic (exact) mass is 923 g/mol. The molecule has 0 aliphatic carbocycles. The number of hydrogen-bond acceptors (Lipinski definition) is 6. The summed E-state index contributed by atoms with van der Waals surface area (Å²) < 4.78 is 23.2. The summed E-state index contributed by atoms with van der Waals surface area (Å²) in [6.45, 7) is 4.65. The van der Waals surface area contributed by atoms with Gasteiger partial charge in [0.1, 0.15) is 13.2 Å². The Kier molecular flexibility index (Phi) is 45.9. The van der Waals surface area contributed by atoms with Crippen molar-refractivity contribution in [3.8, 4) is 0 Å². The summed E-state index contributed by atoms with van der Waals surface area (Å²) in [4.78, 5) is 25.4. The molecule has 9 heteroatoms. The van der Waals surface area contributed by atoms with Gasteiger partial charge in [-0.3, -0.25) is 9.36 Å². The fourth-order valence-electron chi connectivity index (χ4n) is 8.01. The van der Waals surface area contributed by atoms with Crippen molar-refractivity contribution < 1.29 is 32.9 Å². The smallest absolute Gasteiger partial charge is 0.268 e. The van der Waals surface area contributed by atoms with Crippen LogP contribution in [0.15, 0.2) is 36.5 Å². The number of phosphoric ester groups is 1. The minimum absolute atomic E-state index is 0.000393. The van der Waals surface area contributed by atoms with Crippen LogP contribution in [0.3, 0.4) is 0 Å². The number of hydrogen-bond donors (Lipinski definition) is 2. The Balaban J connectivity index is 4.03. The van der Waals surface area contributed by atoms with Crippen LogP contribution in [0.2, 0.25) is 0 Å². The van der Waals surface area contributed by atoms with E-state index in [1.807, 2.05) is 27.2 Å². The van der Waals surface area contributed by atoms with E-state index in [0.717, 1.165) is 44.9 Å². The van der Waals surface area contributed by atoms with Crippen molar-refractivity contribution >= 4 is 13.7 Å². The van der Waals surface area contributed by atoms with Crippen LogP contribution in [0.1, 0.15) is 258 Å². The Morgan fingerprint density at radius 2 is 0.906 bits per heavy atom. The van der Waals surface area contributed by atoms with Gasteiger partial charge in [0, 0.05) is 6.42 Å². The van der Waals surface area contributed by atoms with E-state index in [-0.39, 0.29) is 19.1 Å². The summed E-state index contributed by atoms with van der Waals surface area (Å²) in [5.41, 5.74) is 0. The molecule has 0 aliphatic heterocycles. The third-order valence-corrected chi connectivity index (χ3v) is 13.3. The third kappa shape index (κ3) is 48.6. The van der Waals surface area contributed by atoms with E-state index < -0.39 is 20.0 Å². The second-order valence-electron chi connectivity index (χ2n) is 19.9. The second kappa shape index (κ2) is 46.8. The lowest BCUT2D eigenvalue weighted by molar-refractivity contribution is -0.870. The number of phosphoric acid groups is 1. The van der Waals surface area contributed by atoms with E-state index in [1.165, 1.54) is 193 Å². The molecule has 378 valence electrons. The average molecular weight is 923 g/mol. The maximum Gasteiger partial charge on any atom is 0.268 e. The van der Waals surface area contributed by atoms with Crippen LogP contribution in [-0.2, 0) is 18.4 Å². The van der Waals surface area contributed by atoms with E-state index >= 15 is 0 Å². The van der Waals surface area contributed by atoms with Crippen LogP contribution in [-0.4, -0.2) is 68.5 Å². The number of aliphatic hydroxyl groups excluding tert-OH is 1. The van der Waals surface area contributed by atoms with Crippen LogP contribution in [0.4, 0.5) is 0 Å². The lowest BCUT2D eigenvalue weighted by Gasteiger charge is -2.29. The molecule has 0 heterocycles. The first-order chi connectivity index (χ1) is 31.0. The molecule has 0 saturated heterocycles. The molecule has 3 unspecified atom stereocenters. The van der Waals surface area contributed by atoms with Crippen molar-refractivity contribution in [2.75, 3.05) is 40.9 Å². The quantitative estimate of drug-likeness (QED) is 0.0272. The van der Waals surface area contributed by atoms with Gasteiger partial charge >= 0.3 is 0 Å². The molecule has 1 amide bonds. The minimum Gasteiger partial charge on any atom is -0.756 e. The number of quaternary nitrogens is 1. The average Bonchev–Trinajstić information content (AvgIpc) is 3.25. The number of nitrogens with zero attached hydrogens (tertiary/aromatic N) is 1. The van der Waals surface area contributed by atoms with Crippen molar-refractivity contribution in [1.82, 2.24) is 5.32 Å². The van der Waals surface area contributed by atoms with Gasteiger partial charge in [0.25, 0.3) is 7.82 Å². The van der Waals surface area contributed by atoms with Crippen molar-refractivity contribution in [2.24, 2.45) is 0 Å². The number of likely N-dealkylation sites (N-methyl/N-ethyl adjacent to an activating group) is 1. The van der Waals surface area contributed by atoms with Gasteiger partial charge < -0.3 is 28.8 Å². The molecule has 0 radical (unpaired) electrons. The molecule has 0 aromatic rings. The minimum atomic E-state index is -4.59. The van der Waals surface area contributed by atoms with Gasteiger partial charge in [-0.1, -0.05) is 237 Å². The number of carbonyl (C=O) groups is 1. The number of allylic oxidation sites excluding steroid dienone is 5. The molecule has 3 atom stereocenters. The molecule has 0 bridgehead atoms. The number of aliphatic hydroxyl groups is 1. The third-order valence-electron chi connectivity index (χ3n) is 12.3. The first-order valence-electron chi connectivity index (χ1n) is 27.4. The Bertz CT molecular complexity index is 1140. The normalized spacial score (nSPS) is 14.3. The Morgan fingerprint density at radius 3 is 1.30 bits per heavy atom. The van der Waals surface area contributed by atoms with Gasteiger partial charge in [0.05, 0.1) is 39.9 Å². The van der Waals surface area contributed by atoms with Crippen molar-refractivity contribution in [1.29, 1.82) is 0 Å². The lowest BCUT2D eigenvalue weighted by Crippen LogP contribution is -2.45. The van der Waals surface area contributed by atoms with Gasteiger partial charge in [-0.25, -0.2) is 0 Å². The van der Waals surface area contributed by atoms with Crippen molar-refractivity contribution in [3.05, 3.63) is 36.5 Å². The van der Waals surface area contributed by atoms with Crippen LogP contribution < -0.4 is 10.2 Å². The first-order valence-corrected chi connectivity index (χ1v) is 28.8. The molecule has 0 fully saturated rings. The maximum atomic E-state index is 12.9. The van der Waals surface area contributed by atoms with E-state index in [2.05, 4.69) is 43.5 Å². The van der Waals surface area contributed by atoms with Gasteiger partial charge in [-0.15, -0.1) is 0 Å². The summed E-state index contributed by atoms with van der Waals surface area (Å²) in [5.74, 6) is -0.197. The number of carbonyl (C=O) groups excluding carboxylic acids is 1. The van der Waals surface area contributed by atoms with Crippen LogP contribution in [0.25, 0.3) is 0 Å². The zero-order chi connectivity index (χ0) is 47.1. The van der Waals surface area contributed by atoms with Gasteiger partial charge in [-0.05, 0) is 51.4 Å². The van der Waals surface area contributed by atoms with Crippen LogP contribution in [0, 0.1) is 0 Å². The molecule has 64 heavy (non-hydrogen) atoms. The van der Waals surface area contributed by atoms with E-state index in [9.17, 15) is 19.4 Å². The fourth-order valence-corrected chi connectivity index (χ4v) is 8.73. The topological polar surface area (TPSA) is 108 Å². The number of unbranched alkanes of at least 4 members (excludes halogenated alkanes) is 33. The predicted octanol–water partition coefficient (Wildman–Crippen LogP) is 15.6. The van der Waals surface area contributed by atoms with Crippen molar-refractivity contribution in [3.63, 3.8) is 0 Å². The highest BCUT2D eigenvalue weighted by atomic mass is 31.2. The summed E-state index contributed by atoms with van der Waals surface area (Å²) in [5, 5.41) is 13.8. The zero-order valence-electron chi connectivity index (χ0n) is 43.0. The molecule has 0 rings (SSSR count). The molecule has 0 spiro atoms. The summed E-state index contributed by atoms with van der Waals surface area (Å²) in [6, 6.07) is -0.884. The molecule has 0 aliphatic rings. The number of rotatable bonds is 50. The summed E-state index contributed by atoms with van der Waals surface area (Å²) in [6.07, 6.45) is 59.4. The molecular weight excluding hydrogens is 816 g/mol. The summed E-state index contributed by atoms with van der Waals surface area (Å²) in [7, 11) is 1.26. The Hall–Kier alpha value is -1.28. The Morgan fingerprint density at radius 1 is 0.547 bits per heavy atom. The second-order valence-corrected chi connectivity index (χ2v) is 21.3. The first kappa shape index (κ1) is 62.7. The highest BCUT2D eigenvalue weighted by Gasteiger charge is 2.23. The van der Waals surface area contributed by atoms with Crippen molar-refractivity contribution in [2.45, 2.75) is 270 Å². The highest BCUT2D eigenvalue weighted by Crippen LogP contribution is 2.38. The maximum absolute atomic E-state index is 12.9. The highest BCUT2D eigenvalue weighted by molar-refractivity contribution is 7.45. The molecule has 0 aromatic heterocycles. The molecule has 0 saturated carbocycles. The van der Waals surface area contributed by atoms with Gasteiger partial charge in [0.2, 0.25) is 5.91 Å². The largest absolute Gasteiger partial charge is 0.756 e. The zero-order valence-corrected chi connectivity index (χ0v) is 43.9. The fraction of sp³-hybridized carbons (Fsp3) is 0.873.